The van der Waals surface area contributed by atoms with Crippen molar-refractivity contribution < 1.29 is 38.9 Å². The third-order valence-corrected chi connectivity index (χ3v) is 2.84. The van der Waals surface area contributed by atoms with Crippen LogP contribution in [-0.4, -0.2) is 49.0 Å². The fourth-order valence-corrected chi connectivity index (χ4v) is 1.57. The van der Waals surface area contributed by atoms with Crippen LogP contribution in [0.4, 0.5) is 0 Å². The van der Waals surface area contributed by atoms with Crippen LogP contribution in [0.25, 0.3) is 0 Å². The Morgan fingerprint density at radius 2 is 1.00 bits per heavy atom. The fraction of sp³-hybridized carbons (Fsp3) is 0.294. The average molecular weight is 354 g/mol. The zero-order valence-electron chi connectivity index (χ0n) is 13.8. The van der Waals surface area contributed by atoms with E-state index in [4.69, 9.17) is 14.2 Å². The van der Waals surface area contributed by atoms with Crippen LogP contribution in [0.5, 0.6) is 0 Å². The second kappa shape index (κ2) is 12.4. The summed E-state index contributed by atoms with van der Waals surface area (Å²) in [6, 6.07) is 0. The lowest BCUT2D eigenvalue weighted by molar-refractivity contribution is -0.158. The smallest absolute Gasteiger partial charge is 0.330 e. The minimum Gasteiger partial charge on any atom is -0.462 e. The van der Waals surface area contributed by atoms with Crippen LogP contribution in [0.1, 0.15) is 6.42 Å². The normalized spacial score (nSPS) is 9.60. The van der Waals surface area contributed by atoms with E-state index in [9.17, 15) is 19.2 Å². The highest BCUT2D eigenvalue weighted by Gasteiger charge is 2.37. The molecular weight excluding hydrogens is 332 g/mol. The molecular formula is C17H22O8. The number of rotatable bonds is 12. The molecule has 0 saturated carbocycles. The van der Waals surface area contributed by atoms with Gasteiger partial charge in [-0.2, -0.15) is 0 Å². The minimum atomic E-state index is -1.28. The number of hydrogen-bond donors (Lipinski definition) is 0. The summed E-state index contributed by atoms with van der Waals surface area (Å²) in [6.07, 6.45) is 3.65. The van der Waals surface area contributed by atoms with Gasteiger partial charge < -0.3 is 19.7 Å². The molecule has 0 saturated heterocycles. The van der Waals surface area contributed by atoms with E-state index in [2.05, 4.69) is 26.3 Å². The number of allylic oxidation sites excluding steroid dienone is 1. The Hall–Kier alpha value is -3.00. The third kappa shape index (κ3) is 9.67. The summed E-state index contributed by atoms with van der Waals surface area (Å²) in [7, 11) is 0. The molecule has 0 aromatic heterocycles. The van der Waals surface area contributed by atoms with Crippen molar-refractivity contribution in [3.8, 4) is 0 Å². The zero-order chi connectivity index (χ0) is 18.6. The van der Waals surface area contributed by atoms with Crippen molar-refractivity contribution in [3.63, 3.8) is 0 Å². The maximum absolute atomic E-state index is 11.8. The first-order chi connectivity index (χ1) is 11.3. The summed E-state index contributed by atoms with van der Waals surface area (Å²) in [5.74, 6) is -2.63. The van der Waals surface area contributed by atoms with E-state index < -0.39 is 29.1 Å². The topological polar surface area (TPSA) is 127 Å². The van der Waals surface area contributed by atoms with Crippen molar-refractivity contribution in [2.45, 2.75) is 6.42 Å². The summed E-state index contributed by atoms with van der Waals surface area (Å²) in [5.41, 5.74) is -1.28. The van der Waals surface area contributed by atoms with Crippen LogP contribution in [0.3, 0.4) is 0 Å². The van der Waals surface area contributed by atoms with Crippen molar-refractivity contribution in [1.82, 2.24) is 0 Å². The van der Waals surface area contributed by atoms with Crippen LogP contribution in [0.15, 0.2) is 50.6 Å². The van der Waals surface area contributed by atoms with Gasteiger partial charge in [0.25, 0.3) is 0 Å². The molecule has 0 unspecified atom stereocenters. The lowest BCUT2D eigenvalue weighted by Crippen LogP contribution is -2.40. The molecule has 0 fully saturated rings. The number of ketones is 1. The fourth-order valence-electron chi connectivity index (χ4n) is 1.57. The van der Waals surface area contributed by atoms with E-state index in [1.54, 1.807) is 0 Å². The van der Waals surface area contributed by atoms with Gasteiger partial charge in [-0.3, -0.25) is 4.79 Å². The molecule has 0 aromatic rings. The van der Waals surface area contributed by atoms with E-state index >= 15 is 0 Å². The predicted octanol–water partition coefficient (Wildman–Crippen LogP) is 0.481. The molecule has 0 radical (unpaired) electrons. The Morgan fingerprint density at radius 3 is 1.24 bits per heavy atom. The molecule has 0 aromatic carbocycles. The van der Waals surface area contributed by atoms with Crippen molar-refractivity contribution in [3.05, 3.63) is 50.6 Å². The van der Waals surface area contributed by atoms with E-state index in [1.165, 1.54) is 0 Å². The number of esters is 3. The monoisotopic (exact) mass is 354 g/mol. The average Bonchev–Trinajstić information content (AvgIpc) is 2.61. The lowest BCUT2D eigenvalue weighted by atomic mass is 9.85. The first-order valence-electron chi connectivity index (χ1n) is 6.85. The lowest BCUT2D eigenvalue weighted by Gasteiger charge is -2.30. The number of carbonyl (C=O) groups excluding carboxylic acids is 4. The number of carbonyl (C=O) groups is 4. The van der Waals surface area contributed by atoms with Crippen molar-refractivity contribution in [2.75, 3.05) is 19.8 Å². The van der Waals surface area contributed by atoms with Crippen molar-refractivity contribution in [2.24, 2.45) is 5.41 Å². The molecule has 138 valence electrons. The SMILES string of the molecule is C=CC(=O)CC(COC(=O)C=C)(COC(=O)C=C)COC(=O)C=C.O. The quantitative estimate of drug-likeness (QED) is 0.283. The van der Waals surface area contributed by atoms with Crippen molar-refractivity contribution >= 4 is 23.7 Å². The maximum Gasteiger partial charge on any atom is 0.330 e. The van der Waals surface area contributed by atoms with E-state index in [0.29, 0.717) is 0 Å². The molecule has 0 aliphatic rings. The van der Waals surface area contributed by atoms with Gasteiger partial charge in [0.05, 0.1) is 5.41 Å². The van der Waals surface area contributed by atoms with Crippen LogP contribution in [0.2, 0.25) is 0 Å². The second-order valence-electron chi connectivity index (χ2n) is 4.78. The molecule has 0 rings (SSSR count). The Labute approximate surface area is 145 Å². The largest absolute Gasteiger partial charge is 0.462 e. The highest BCUT2D eigenvalue weighted by atomic mass is 16.6. The Kier molecular flexibility index (Phi) is 12.1. The van der Waals surface area contributed by atoms with Gasteiger partial charge in [0.2, 0.25) is 0 Å². The first-order valence-corrected chi connectivity index (χ1v) is 6.85. The van der Waals surface area contributed by atoms with Gasteiger partial charge >= 0.3 is 17.9 Å². The Balaban J connectivity index is 0. The molecule has 8 heteroatoms. The van der Waals surface area contributed by atoms with Gasteiger partial charge in [-0.25, -0.2) is 14.4 Å². The van der Waals surface area contributed by atoms with Crippen LogP contribution in [0, 0.1) is 5.41 Å². The van der Waals surface area contributed by atoms with Crippen LogP contribution in [-0.2, 0) is 33.4 Å². The minimum absolute atomic E-state index is 0. The van der Waals surface area contributed by atoms with Crippen LogP contribution < -0.4 is 0 Å². The van der Waals surface area contributed by atoms with Gasteiger partial charge in [0, 0.05) is 24.6 Å². The molecule has 2 N–H and O–H groups in total. The van der Waals surface area contributed by atoms with Gasteiger partial charge in [0.15, 0.2) is 5.78 Å². The van der Waals surface area contributed by atoms with Crippen LogP contribution >= 0.6 is 0 Å². The molecule has 0 aliphatic carbocycles. The summed E-state index contributed by atoms with van der Waals surface area (Å²) in [4.78, 5) is 45.7. The molecule has 0 aliphatic heterocycles. The number of ether oxygens (including phenoxy) is 3. The Bertz CT molecular complexity index is 487. The summed E-state index contributed by atoms with van der Waals surface area (Å²) >= 11 is 0. The Morgan fingerprint density at radius 1 is 0.680 bits per heavy atom. The third-order valence-electron chi connectivity index (χ3n) is 2.84. The predicted molar refractivity (Wildman–Crippen MR) is 89.3 cm³/mol. The first kappa shape index (κ1) is 24.3. The van der Waals surface area contributed by atoms with Crippen molar-refractivity contribution in [1.29, 1.82) is 0 Å². The molecule has 25 heavy (non-hydrogen) atoms. The molecule has 0 amide bonds. The zero-order valence-corrected chi connectivity index (χ0v) is 13.8. The summed E-state index contributed by atoms with van der Waals surface area (Å²) < 4.78 is 14.9. The molecule has 0 spiro atoms. The summed E-state index contributed by atoms with van der Waals surface area (Å²) in [5, 5.41) is 0. The van der Waals surface area contributed by atoms with E-state index in [-0.39, 0.29) is 31.7 Å². The highest BCUT2D eigenvalue weighted by Crippen LogP contribution is 2.26. The standard InChI is InChI=1S/C17H20O7.H2O/c1-5-13(18)9-17(10-22-14(19)6-2,11-23-15(20)7-3)12-24-16(21)8-4;/h5-8H,1-4,9-12H2;1H2. The summed E-state index contributed by atoms with van der Waals surface area (Å²) in [6.45, 7) is 12.1. The second-order valence-corrected chi connectivity index (χ2v) is 4.78. The maximum atomic E-state index is 11.8. The molecule has 0 bridgehead atoms. The van der Waals surface area contributed by atoms with Gasteiger partial charge in [-0.15, -0.1) is 0 Å². The highest BCUT2D eigenvalue weighted by molar-refractivity contribution is 5.90. The molecule has 0 atom stereocenters. The van der Waals surface area contributed by atoms with Gasteiger partial charge in [-0.05, 0) is 6.08 Å². The molecule has 8 nitrogen and oxygen atoms in total. The number of hydrogen-bond acceptors (Lipinski definition) is 7. The van der Waals surface area contributed by atoms with E-state index in [1.807, 2.05) is 0 Å². The van der Waals surface area contributed by atoms with E-state index in [0.717, 1.165) is 24.3 Å². The van der Waals surface area contributed by atoms with Gasteiger partial charge in [0.1, 0.15) is 19.8 Å². The van der Waals surface area contributed by atoms with Gasteiger partial charge in [-0.1, -0.05) is 26.3 Å². The molecule has 0 heterocycles.